The zero-order valence-electron chi connectivity index (χ0n) is 15.7. The fourth-order valence-electron chi connectivity index (χ4n) is 3.12. The number of nitrogens with one attached hydrogen (secondary N) is 2. The molecule has 0 aliphatic heterocycles. The van der Waals surface area contributed by atoms with Gasteiger partial charge in [-0.15, -0.1) is 0 Å². The molecule has 4 nitrogen and oxygen atoms in total. The lowest BCUT2D eigenvalue weighted by Crippen LogP contribution is -2.34. The van der Waals surface area contributed by atoms with Gasteiger partial charge in [-0.2, -0.15) is 0 Å². The summed E-state index contributed by atoms with van der Waals surface area (Å²) < 4.78 is 1.01. The van der Waals surface area contributed by atoms with Gasteiger partial charge in [0.05, 0.1) is 5.41 Å². The Morgan fingerprint density at radius 2 is 1.85 bits per heavy atom. The standard InChI is InChI=1S/C22H25BrN2O2/c1-3-15(2)25-20(26)17-6-4-5-16(13-17)14-24-21(27)22(11-12-22)18-7-9-19(23)10-8-18/h4-10,13,15H,3,11-12,14H2,1-2H3,(H,24,27)(H,25,26). The molecule has 2 amide bonds. The average Bonchev–Trinajstić information content (AvgIpc) is 3.48. The summed E-state index contributed by atoms with van der Waals surface area (Å²) in [5.41, 5.74) is 2.21. The Morgan fingerprint density at radius 3 is 2.48 bits per heavy atom. The Balaban J connectivity index is 1.63. The second-order valence-corrected chi connectivity index (χ2v) is 8.17. The van der Waals surface area contributed by atoms with E-state index in [-0.39, 0.29) is 17.9 Å². The fourth-order valence-corrected chi connectivity index (χ4v) is 3.39. The van der Waals surface area contributed by atoms with Crippen LogP contribution in [0.4, 0.5) is 0 Å². The lowest BCUT2D eigenvalue weighted by molar-refractivity contribution is -0.123. The van der Waals surface area contributed by atoms with Gasteiger partial charge in [-0.3, -0.25) is 9.59 Å². The molecule has 0 saturated heterocycles. The monoisotopic (exact) mass is 428 g/mol. The van der Waals surface area contributed by atoms with Crippen LogP contribution in [0.3, 0.4) is 0 Å². The Labute approximate surface area is 168 Å². The predicted octanol–water partition coefficient (Wildman–Crippen LogP) is 4.33. The Hall–Kier alpha value is -2.14. The molecular weight excluding hydrogens is 404 g/mol. The van der Waals surface area contributed by atoms with Crippen molar-refractivity contribution in [2.45, 2.75) is 51.1 Å². The van der Waals surface area contributed by atoms with Crippen LogP contribution in [0.15, 0.2) is 53.0 Å². The molecule has 1 aliphatic rings. The normalized spacial score (nSPS) is 15.7. The smallest absolute Gasteiger partial charge is 0.251 e. The van der Waals surface area contributed by atoms with Gasteiger partial charge >= 0.3 is 0 Å². The van der Waals surface area contributed by atoms with Gasteiger partial charge in [0.15, 0.2) is 0 Å². The number of amides is 2. The summed E-state index contributed by atoms with van der Waals surface area (Å²) in [4.78, 5) is 25.1. The van der Waals surface area contributed by atoms with E-state index < -0.39 is 5.41 Å². The highest BCUT2D eigenvalue weighted by atomic mass is 79.9. The summed E-state index contributed by atoms with van der Waals surface area (Å²) in [6.45, 7) is 4.44. The Morgan fingerprint density at radius 1 is 1.15 bits per heavy atom. The van der Waals surface area contributed by atoms with Crippen LogP contribution in [0.2, 0.25) is 0 Å². The highest BCUT2D eigenvalue weighted by molar-refractivity contribution is 9.10. The Kier molecular flexibility index (Phi) is 6.00. The zero-order valence-corrected chi connectivity index (χ0v) is 17.3. The molecule has 0 aromatic heterocycles. The molecule has 2 N–H and O–H groups in total. The van der Waals surface area contributed by atoms with E-state index in [1.54, 1.807) is 6.07 Å². The van der Waals surface area contributed by atoms with Crippen molar-refractivity contribution >= 4 is 27.7 Å². The first-order valence-corrected chi connectivity index (χ1v) is 10.2. The van der Waals surface area contributed by atoms with Crippen LogP contribution in [-0.2, 0) is 16.8 Å². The van der Waals surface area contributed by atoms with Gasteiger partial charge in [0, 0.05) is 22.6 Å². The number of hydrogen-bond donors (Lipinski definition) is 2. The summed E-state index contributed by atoms with van der Waals surface area (Å²) in [5.74, 6) is -0.0228. The minimum absolute atomic E-state index is 0.0549. The second-order valence-electron chi connectivity index (χ2n) is 7.25. The number of carbonyl (C=O) groups excluding carboxylic acids is 2. The van der Waals surface area contributed by atoms with Crippen molar-refractivity contribution in [3.05, 3.63) is 69.7 Å². The molecule has 3 rings (SSSR count). The third-order valence-corrected chi connectivity index (χ3v) is 5.74. The minimum Gasteiger partial charge on any atom is -0.351 e. The minimum atomic E-state index is -0.397. The van der Waals surface area contributed by atoms with E-state index in [0.717, 1.165) is 34.9 Å². The van der Waals surface area contributed by atoms with E-state index in [1.807, 2.05) is 56.3 Å². The lowest BCUT2D eigenvalue weighted by Gasteiger charge is -2.16. The fraction of sp³-hybridized carbons (Fsp3) is 0.364. The highest BCUT2D eigenvalue weighted by Crippen LogP contribution is 2.48. The van der Waals surface area contributed by atoms with Gasteiger partial charge in [0.25, 0.3) is 5.91 Å². The van der Waals surface area contributed by atoms with Crippen molar-refractivity contribution in [1.29, 1.82) is 0 Å². The third-order valence-electron chi connectivity index (χ3n) is 5.21. The molecule has 0 bridgehead atoms. The molecular formula is C22H25BrN2O2. The molecule has 1 saturated carbocycles. The van der Waals surface area contributed by atoms with Gasteiger partial charge in [-0.25, -0.2) is 0 Å². The first-order chi connectivity index (χ1) is 12.9. The first kappa shape index (κ1) is 19.6. The van der Waals surface area contributed by atoms with Crippen molar-refractivity contribution in [2.75, 3.05) is 0 Å². The van der Waals surface area contributed by atoms with Crippen molar-refractivity contribution in [3.63, 3.8) is 0 Å². The molecule has 27 heavy (non-hydrogen) atoms. The van der Waals surface area contributed by atoms with E-state index in [0.29, 0.717) is 12.1 Å². The van der Waals surface area contributed by atoms with Gasteiger partial charge in [0.1, 0.15) is 0 Å². The van der Waals surface area contributed by atoms with Crippen molar-refractivity contribution < 1.29 is 9.59 Å². The first-order valence-electron chi connectivity index (χ1n) is 9.39. The quantitative estimate of drug-likeness (QED) is 0.689. The van der Waals surface area contributed by atoms with Gasteiger partial charge < -0.3 is 10.6 Å². The molecule has 5 heteroatoms. The van der Waals surface area contributed by atoms with Crippen molar-refractivity contribution in [3.8, 4) is 0 Å². The van der Waals surface area contributed by atoms with Crippen molar-refractivity contribution in [2.24, 2.45) is 0 Å². The number of halogens is 1. The van der Waals surface area contributed by atoms with Crippen LogP contribution < -0.4 is 10.6 Å². The van der Waals surface area contributed by atoms with Crippen LogP contribution in [0.1, 0.15) is 54.6 Å². The molecule has 1 atom stereocenters. The molecule has 0 spiro atoms. The molecule has 2 aromatic rings. The molecule has 1 fully saturated rings. The summed E-state index contributed by atoms with van der Waals surface area (Å²) in [6.07, 6.45) is 2.63. The maximum absolute atomic E-state index is 12.8. The third kappa shape index (κ3) is 4.59. The van der Waals surface area contributed by atoms with E-state index in [9.17, 15) is 9.59 Å². The van der Waals surface area contributed by atoms with Gasteiger partial charge in [-0.1, -0.05) is 47.1 Å². The largest absolute Gasteiger partial charge is 0.351 e. The van der Waals surface area contributed by atoms with E-state index in [2.05, 4.69) is 26.6 Å². The SMILES string of the molecule is CCC(C)NC(=O)c1cccc(CNC(=O)C2(c3ccc(Br)cc3)CC2)c1. The number of carbonyl (C=O) groups is 2. The van der Waals surface area contributed by atoms with E-state index in [4.69, 9.17) is 0 Å². The molecule has 142 valence electrons. The topological polar surface area (TPSA) is 58.2 Å². The van der Waals surface area contributed by atoms with Crippen molar-refractivity contribution in [1.82, 2.24) is 10.6 Å². The summed E-state index contributed by atoms with van der Waals surface area (Å²) in [5, 5.41) is 6.02. The van der Waals surface area contributed by atoms with Gasteiger partial charge in [-0.05, 0) is 61.6 Å². The highest BCUT2D eigenvalue weighted by Gasteiger charge is 2.50. The summed E-state index contributed by atoms with van der Waals surface area (Å²) >= 11 is 3.44. The molecule has 1 aliphatic carbocycles. The van der Waals surface area contributed by atoms with Crippen LogP contribution in [0.25, 0.3) is 0 Å². The average molecular weight is 429 g/mol. The second kappa shape index (κ2) is 8.26. The number of rotatable bonds is 7. The maximum Gasteiger partial charge on any atom is 0.251 e. The summed E-state index contributed by atoms with van der Waals surface area (Å²) in [7, 11) is 0. The maximum atomic E-state index is 12.8. The molecule has 1 unspecified atom stereocenters. The van der Waals surface area contributed by atoms with Crippen LogP contribution >= 0.6 is 15.9 Å². The van der Waals surface area contributed by atoms with Crippen LogP contribution in [-0.4, -0.2) is 17.9 Å². The lowest BCUT2D eigenvalue weighted by atomic mass is 9.95. The number of hydrogen-bond acceptors (Lipinski definition) is 2. The molecule has 2 aromatic carbocycles. The van der Waals surface area contributed by atoms with Gasteiger partial charge in [0.2, 0.25) is 5.91 Å². The van der Waals surface area contributed by atoms with Crippen LogP contribution in [0.5, 0.6) is 0 Å². The van der Waals surface area contributed by atoms with E-state index >= 15 is 0 Å². The molecule has 0 heterocycles. The predicted molar refractivity (Wildman–Crippen MR) is 111 cm³/mol. The Bertz CT molecular complexity index is 828. The van der Waals surface area contributed by atoms with Crippen LogP contribution in [0, 0.1) is 0 Å². The zero-order chi connectivity index (χ0) is 19.4. The molecule has 0 radical (unpaired) electrons. The number of benzene rings is 2. The summed E-state index contributed by atoms with van der Waals surface area (Å²) in [6, 6.07) is 15.5. The van der Waals surface area contributed by atoms with E-state index in [1.165, 1.54) is 0 Å².